The third-order valence-corrected chi connectivity index (χ3v) is 3.97. The van der Waals surface area contributed by atoms with Crippen molar-refractivity contribution in [1.82, 2.24) is 0 Å². The molecule has 1 aromatic rings. The van der Waals surface area contributed by atoms with Crippen molar-refractivity contribution in [3.63, 3.8) is 0 Å². The second-order valence-corrected chi connectivity index (χ2v) is 6.23. The van der Waals surface area contributed by atoms with Crippen molar-refractivity contribution in [2.24, 2.45) is 16.6 Å². The van der Waals surface area contributed by atoms with E-state index in [4.69, 9.17) is 5.73 Å². The highest BCUT2D eigenvalue weighted by molar-refractivity contribution is 5.98. The molecule has 0 aromatic heterocycles. The minimum Gasteiger partial charge on any atom is -0.369 e. The molecule has 0 fully saturated rings. The van der Waals surface area contributed by atoms with Crippen LogP contribution in [0.5, 0.6) is 0 Å². The van der Waals surface area contributed by atoms with Crippen LogP contribution in [0.4, 0.5) is 5.69 Å². The first-order chi connectivity index (χ1) is 8.94. The lowest BCUT2D eigenvalue weighted by Crippen LogP contribution is -2.50. The van der Waals surface area contributed by atoms with Crippen LogP contribution in [0.3, 0.4) is 0 Å². The molecule has 0 amide bonds. The number of guanidine groups is 1. The fourth-order valence-corrected chi connectivity index (χ4v) is 2.69. The average molecular weight is 259 g/mol. The molecule has 1 unspecified atom stereocenters. The molecule has 19 heavy (non-hydrogen) atoms. The van der Waals surface area contributed by atoms with Gasteiger partial charge in [-0.15, -0.1) is 0 Å². The summed E-state index contributed by atoms with van der Waals surface area (Å²) >= 11 is 0. The van der Waals surface area contributed by atoms with E-state index >= 15 is 0 Å². The Bertz CT molecular complexity index is 479. The van der Waals surface area contributed by atoms with Gasteiger partial charge in [0.1, 0.15) is 0 Å². The van der Waals surface area contributed by atoms with Gasteiger partial charge in [-0.3, -0.25) is 4.99 Å². The Morgan fingerprint density at radius 2 is 2.05 bits per heavy atom. The topological polar surface area (TPSA) is 41.6 Å². The van der Waals surface area contributed by atoms with Crippen LogP contribution in [0.1, 0.15) is 39.2 Å². The second-order valence-electron chi connectivity index (χ2n) is 6.23. The van der Waals surface area contributed by atoms with Crippen LogP contribution >= 0.6 is 0 Å². The standard InChI is InChI=1S/C16H25N3/c1-12(2)9-10-16(4)11-18-15(17)19(16)14-8-6-5-7-13(14)3/h5-8,12H,9-11H2,1-4H3,(H2,17,18). The zero-order chi connectivity index (χ0) is 14.0. The van der Waals surface area contributed by atoms with Gasteiger partial charge in [0, 0.05) is 5.69 Å². The highest BCUT2D eigenvalue weighted by atomic mass is 15.4. The van der Waals surface area contributed by atoms with E-state index < -0.39 is 0 Å². The fraction of sp³-hybridized carbons (Fsp3) is 0.562. The Labute approximate surface area is 116 Å². The van der Waals surface area contributed by atoms with Gasteiger partial charge in [0.15, 0.2) is 5.96 Å². The SMILES string of the molecule is Cc1ccccc1N1C(N)=NCC1(C)CCC(C)C. The Balaban J connectivity index is 2.29. The number of nitrogens with two attached hydrogens (primary N) is 1. The zero-order valence-electron chi connectivity index (χ0n) is 12.5. The lowest BCUT2D eigenvalue weighted by Gasteiger charge is -2.37. The summed E-state index contributed by atoms with van der Waals surface area (Å²) in [5, 5.41) is 0. The maximum absolute atomic E-state index is 6.14. The maximum Gasteiger partial charge on any atom is 0.196 e. The first-order valence-electron chi connectivity index (χ1n) is 7.10. The Morgan fingerprint density at radius 1 is 1.37 bits per heavy atom. The number of hydrogen-bond donors (Lipinski definition) is 1. The highest BCUT2D eigenvalue weighted by Crippen LogP contribution is 2.34. The largest absolute Gasteiger partial charge is 0.369 e. The lowest BCUT2D eigenvalue weighted by atomic mass is 9.90. The van der Waals surface area contributed by atoms with Gasteiger partial charge >= 0.3 is 0 Å². The normalized spacial score (nSPS) is 23.0. The number of nitrogens with zero attached hydrogens (tertiary/aromatic N) is 2. The summed E-state index contributed by atoms with van der Waals surface area (Å²) in [6, 6.07) is 8.39. The minimum absolute atomic E-state index is 0.0144. The summed E-state index contributed by atoms with van der Waals surface area (Å²) in [5.74, 6) is 1.36. The summed E-state index contributed by atoms with van der Waals surface area (Å²) in [6.45, 7) is 9.72. The summed E-state index contributed by atoms with van der Waals surface area (Å²) in [5.41, 5.74) is 8.59. The van der Waals surface area contributed by atoms with Crippen molar-refractivity contribution < 1.29 is 0 Å². The molecule has 1 aliphatic rings. The molecule has 1 heterocycles. The number of hydrogen-bond acceptors (Lipinski definition) is 3. The molecule has 0 bridgehead atoms. The quantitative estimate of drug-likeness (QED) is 0.901. The highest BCUT2D eigenvalue weighted by Gasteiger charge is 2.39. The first kappa shape index (κ1) is 13.9. The van der Waals surface area contributed by atoms with Crippen molar-refractivity contribution in [3.05, 3.63) is 29.8 Å². The molecule has 2 rings (SSSR count). The van der Waals surface area contributed by atoms with Gasteiger partial charge in [-0.25, -0.2) is 0 Å². The van der Waals surface area contributed by atoms with Gasteiger partial charge in [-0.1, -0.05) is 32.0 Å². The Hall–Kier alpha value is -1.51. The maximum atomic E-state index is 6.14. The molecule has 104 valence electrons. The van der Waals surface area contributed by atoms with Crippen LogP contribution in [-0.4, -0.2) is 18.0 Å². The molecule has 3 nitrogen and oxygen atoms in total. The summed E-state index contributed by atoms with van der Waals surface area (Å²) in [4.78, 5) is 6.71. The zero-order valence-corrected chi connectivity index (χ0v) is 12.5. The molecule has 0 saturated carbocycles. The smallest absolute Gasteiger partial charge is 0.196 e. The molecule has 0 aliphatic carbocycles. The molecular formula is C16H25N3. The van der Waals surface area contributed by atoms with Gasteiger partial charge in [0.05, 0.1) is 12.1 Å². The van der Waals surface area contributed by atoms with E-state index in [1.54, 1.807) is 0 Å². The molecule has 0 radical (unpaired) electrons. The second kappa shape index (κ2) is 5.24. The van der Waals surface area contributed by atoms with Crippen molar-refractivity contribution in [2.45, 2.75) is 46.1 Å². The van der Waals surface area contributed by atoms with Gasteiger partial charge in [0.25, 0.3) is 0 Å². The summed E-state index contributed by atoms with van der Waals surface area (Å²) < 4.78 is 0. The predicted octanol–water partition coefficient (Wildman–Crippen LogP) is 3.32. The van der Waals surface area contributed by atoms with E-state index in [1.165, 1.54) is 17.7 Å². The molecule has 3 heteroatoms. The summed E-state index contributed by atoms with van der Waals surface area (Å²) in [6.07, 6.45) is 2.31. The van der Waals surface area contributed by atoms with E-state index in [0.717, 1.165) is 13.0 Å². The lowest BCUT2D eigenvalue weighted by molar-refractivity contribution is 0.407. The number of aryl methyl sites for hydroxylation is 1. The molecule has 1 aliphatic heterocycles. The minimum atomic E-state index is 0.0144. The van der Waals surface area contributed by atoms with E-state index in [1.807, 2.05) is 0 Å². The van der Waals surface area contributed by atoms with Crippen LogP contribution in [0.25, 0.3) is 0 Å². The van der Waals surface area contributed by atoms with Crippen LogP contribution < -0.4 is 10.6 Å². The van der Waals surface area contributed by atoms with Gasteiger partial charge in [-0.2, -0.15) is 0 Å². The fourth-order valence-electron chi connectivity index (χ4n) is 2.69. The van der Waals surface area contributed by atoms with Crippen molar-refractivity contribution >= 4 is 11.6 Å². The van der Waals surface area contributed by atoms with Crippen molar-refractivity contribution in [2.75, 3.05) is 11.4 Å². The number of aliphatic imine (C=N–C) groups is 1. The Morgan fingerprint density at radius 3 is 2.68 bits per heavy atom. The van der Waals surface area contributed by atoms with E-state index in [-0.39, 0.29) is 5.54 Å². The van der Waals surface area contributed by atoms with Crippen LogP contribution in [0, 0.1) is 12.8 Å². The van der Waals surface area contributed by atoms with Crippen LogP contribution in [0.2, 0.25) is 0 Å². The van der Waals surface area contributed by atoms with Crippen molar-refractivity contribution in [1.29, 1.82) is 0 Å². The number of para-hydroxylation sites is 1. The predicted molar refractivity (Wildman–Crippen MR) is 82.6 cm³/mol. The van der Waals surface area contributed by atoms with Crippen LogP contribution in [-0.2, 0) is 0 Å². The number of benzene rings is 1. The van der Waals surface area contributed by atoms with Gasteiger partial charge in [0.2, 0.25) is 0 Å². The molecule has 0 spiro atoms. The molecule has 1 atom stereocenters. The van der Waals surface area contributed by atoms with Gasteiger partial charge < -0.3 is 10.6 Å². The third kappa shape index (κ3) is 2.75. The Kier molecular flexibility index (Phi) is 3.83. The van der Waals surface area contributed by atoms with E-state index in [2.05, 4.69) is 61.9 Å². The number of rotatable bonds is 4. The third-order valence-electron chi connectivity index (χ3n) is 3.97. The van der Waals surface area contributed by atoms with Gasteiger partial charge in [-0.05, 0) is 44.2 Å². The summed E-state index contributed by atoms with van der Waals surface area (Å²) in [7, 11) is 0. The average Bonchev–Trinajstić information content (AvgIpc) is 2.65. The van der Waals surface area contributed by atoms with Crippen molar-refractivity contribution in [3.8, 4) is 0 Å². The van der Waals surface area contributed by atoms with E-state index in [9.17, 15) is 0 Å². The first-order valence-corrected chi connectivity index (χ1v) is 7.10. The monoisotopic (exact) mass is 259 g/mol. The van der Waals surface area contributed by atoms with Crippen LogP contribution in [0.15, 0.2) is 29.3 Å². The molecule has 0 saturated heterocycles. The molecule has 2 N–H and O–H groups in total. The molecular weight excluding hydrogens is 234 g/mol. The number of anilines is 1. The van der Waals surface area contributed by atoms with E-state index in [0.29, 0.717) is 11.9 Å². The molecule has 1 aromatic carbocycles.